The summed E-state index contributed by atoms with van der Waals surface area (Å²) in [5.41, 5.74) is 2.37. The Morgan fingerprint density at radius 2 is 1.90 bits per heavy atom. The largest absolute Gasteiger partial charge is 0.494 e. The number of aliphatic hydroxyl groups excluding tert-OH is 1. The third kappa shape index (κ3) is 3.06. The van der Waals surface area contributed by atoms with E-state index in [0.717, 1.165) is 22.4 Å². The molecule has 0 aliphatic carbocycles. The fourth-order valence-corrected chi connectivity index (χ4v) is 2.24. The summed E-state index contributed by atoms with van der Waals surface area (Å²) in [5.74, 6) is 1.34. The van der Waals surface area contributed by atoms with Crippen molar-refractivity contribution in [3.05, 3.63) is 60.0 Å². The molecule has 3 rings (SSSR count). The molecule has 0 saturated heterocycles. The number of fused-ring (bicyclic) bond motifs is 1. The Kier molecular flexibility index (Phi) is 3.88. The summed E-state index contributed by atoms with van der Waals surface area (Å²) in [6, 6.07) is 15.0. The van der Waals surface area contributed by atoms with Gasteiger partial charge in [-0.15, -0.1) is 0 Å². The van der Waals surface area contributed by atoms with Gasteiger partial charge in [0.25, 0.3) is 0 Å². The lowest BCUT2D eigenvalue weighted by atomic mass is 10.1. The monoisotopic (exact) mass is 283 g/mol. The molecule has 0 amide bonds. The van der Waals surface area contributed by atoms with Crippen molar-refractivity contribution in [2.24, 2.45) is 0 Å². The number of hydrogen-bond acceptors (Lipinski definition) is 4. The first-order valence-corrected chi connectivity index (χ1v) is 7.01. The number of oxazole rings is 1. The maximum absolute atomic E-state index is 10.3. The zero-order chi connectivity index (χ0) is 14.7. The Hall–Kier alpha value is -2.33. The molecule has 0 aliphatic heterocycles. The summed E-state index contributed by atoms with van der Waals surface area (Å²) in [6.07, 6.45) is -0.295. The summed E-state index contributed by atoms with van der Waals surface area (Å²) >= 11 is 0. The molecule has 1 unspecified atom stereocenters. The van der Waals surface area contributed by atoms with Crippen LogP contribution in [-0.4, -0.2) is 16.7 Å². The predicted molar refractivity (Wildman–Crippen MR) is 80.3 cm³/mol. The molecule has 2 aromatic carbocycles. The summed E-state index contributed by atoms with van der Waals surface area (Å²) in [5, 5.41) is 10.3. The maximum Gasteiger partial charge on any atom is 0.198 e. The molecule has 4 heteroatoms. The smallest absolute Gasteiger partial charge is 0.198 e. The van der Waals surface area contributed by atoms with E-state index in [1.807, 2.05) is 55.5 Å². The second-order valence-corrected chi connectivity index (χ2v) is 4.80. The molecule has 1 heterocycles. The van der Waals surface area contributed by atoms with Gasteiger partial charge >= 0.3 is 0 Å². The Labute approximate surface area is 123 Å². The topological polar surface area (TPSA) is 55.5 Å². The Morgan fingerprint density at radius 1 is 1.14 bits per heavy atom. The van der Waals surface area contributed by atoms with Gasteiger partial charge in [0.05, 0.1) is 19.1 Å². The molecule has 21 heavy (non-hydrogen) atoms. The van der Waals surface area contributed by atoms with Crippen molar-refractivity contribution in [3.8, 4) is 5.75 Å². The number of hydrogen-bond donors (Lipinski definition) is 1. The molecule has 1 N–H and O–H groups in total. The van der Waals surface area contributed by atoms with Crippen LogP contribution in [0, 0.1) is 0 Å². The van der Waals surface area contributed by atoms with E-state index in [9.17, 15) is 5.11 Å². The highest BCUT2D eigenvalue weighted by Gasteiger charge is 2.13. The first-order chi connectivity index (χ1) is 10.3. The molecule has 0 bridgehead atoms. The summed E-state index contributed by atoms with van der Waals surface area (Å²) in [4.78, 5) is 4.37. The van der Waals surface area contributed by atoms with Crippen molar-refractivity contribution < 1.29 is 14.3 Å². The minimum absolute atomic E-state index is 0.350. The molecule has 0 radical (unpaired) electrons. The van der Waals surface area contributed by atoms with Crippen LogP contribution in [0.25, 0.3) is 11.1 Å². The van der Waals surface area contributed by atoms with Crippen molar-refractivity contribution in [2.45, 2.75) is 19.4 Å². The van der Waals surface area contributed by atoms with Crippen molar-refractivity contribution in [1.82, 2.24) is 4.98 Å². The number of rotatable bonds is 5. The molecular formula is C17H17NO3. The van der Waals surface area contributed by atoms with Crippen LogP contribution in [0.5, 0.6) is 5.75 Å². The van der Waals surface area contributed by atoms with Crippen LogP contribution in [0.15, 0.2) is 52.9 Å². The van der Waals surface area contributed by atoms with E-state index in [0.29, 0.717) is 18.9 Å². The molecule has 0 saturated carbocycles. The molecule has 0 aliphatic rings. The van der Waals surface area contributed by atoms with Crippen LogP contribution in [0.1, 0.15) is 24.5 Å². The van der Waals surface area contributed by atoms with Crippen LogP contribution in [0.3, 0.4) is 0 Å². The van der Waals surface area contributed by atoms with Crippen LogP contribution in [-0.2, 0) is 6.42 Å². The molecular weight excluding hydrogens is 266 g/mol. The molecule has 0 spiro atoms. The SMILES string of the molecule is CCOc1ccc(C(O)Cc2nc3ccccc3o2)cc1. The van der Waals surface area contributed by atoms with Gasteiger partial charge in [0, 0.05) is 0 Å². The number of para-hydroxylation sites is 2. The van der Waals surface area contributed by atoms with Crippen molar-refractivity contribution in [2.75, 3.05) is 6.61 Å². The number of ether oxygens (including phenoxy) is 1. The summed E-state index contributed by atoms with van der Waals surface area (Å²) in [7, 11) is 0. The molecule has 4 nitrogen and oxygen atoms in total. The minimum atomic E-state index is -0.645. The highest BCUT2D eigenvalue weighted by molar-refractivity contribution is 5.72. The Morgan fingerprint density at radius 3 is 2.62 bits per heavy atom. The zero-order valence-electron chi connectivity index (χ0n) is 11.8. The fraction of sp³-hybridized carbons (Fsp3) is 0.235. The third-order valence-corrected chi connectivity index (χ3v) is 3.28. The fourth-order valence-electron chi connectivity index (χ4n) is 2.24. The lowest BCUT2D eigenvalue weighted by Gasteiger charge is -2.09. The van der Waals surface area contributed by atoms with E-state index in [4.69, 9.17) is 9.15 Å². The second-order valence-electron chi connectivity index (χ2n) is 4.80. The standard InChI is InChI=1S/C17H17NO3/c1-2-20-13-9-7-12(8-10-13)15(19)11-17-18-14-5-3-4-6-16(14)21-17/h3-10,15,19H,2,11H2,1H3. The molecule has 1 aromatic heterocycles. The van der Waals surface area contributed by atoms with E-state index in [-0.39, 0.29) is 0 Å². The van der Waals surface area contributed by atoms with E-state index in [1.165, 1.54) is 0 Å². The molecule has 0 fully saturated rings. The van der Waals surface area contributed by atoms with Crippen LogP contribution in [0.4, 0.5) is 0 Å². The highest BCUT2D eigenvalue weighted by atomic mass is 16.5. The lowest BCUT2D eigenvalue weighted by Crippen LogP contribution is -2.02. The van der Waals surface area contributed by atoms with Gasteiger partial charge in [0.2, 0.25) is 0 Å². The predicted octanol–water partition coefficient (Wildman–Crippen LogP) is 3.50. The number of benzene rings is 2. The molecule has 3 aromatic rings. The van der Waals surface area contributed by atoms with Crippen molar-refractivity contribution in [3.63, 3.8) is 0 Å². The van der Waals surface area contributed by atoms with Gasteiger partial charge in [-0.05, 0) is 36.8 Å². The minimum Gasteiger partial charge on any atom is -0.494 e. The van der Waals surface area contributed by atoms with Crippen LogP contribution < -0.4 is 4.74 Å². The highest BCUT2D eigenvalue weighted by Crippen LogP contribution is 2.23. The van der Waals surface area contributed by atoms with Gasteiger partial charge in [0.1, 0.15) is 11.3 Å². The zero-order valence-corrected chi connectivity index (χ0v) is 11.8. The van der Waals surface area contributed by atoms with Crippen molar-refractivity contribution in [1.29, 1.82) is 0 Å². The average molecular weight is 283 g/mol. The van der Waals surface area contributed by atoms with Crippen LogP contribution in [0.2, 0.25) is 0 Å². The van der Waals surface area contributed by atoms with Gasteiger partial charge in [0.15, 0.2) is 11.5 Å². The van der Waals surface area contributed by atoms with E-state index in [2.05, 4.69) is 4.98 Å². The molecule has 108 valence electrons. The van der Waals surface area contributed by atoms with Gasteiger partial charge in [-0.25, -0.2) is 4.98 Å². The van der Waals surface area contributed by atoms with Crippen LogP contribution >= 0.6 is 0 Å². The Balaban J connectivity index is 1.74. The second kappa shape index (κ2) is 5.97. The van der Waals surface area contributed by atoms with E-state index < -0.39 is 6.10 Å². The first-order valence-electron chi connectivity index (χ1n) is 7.01. The van der Waals surface area contributed by atoms with Gasteiger partial charge in [-0.1, -0.05) is 24.3 Å². The van der Waals surface area contributed by atoms with E-state index >= 15 is 0 Å². The average Bonchev–Trinajstić information content (AvgIpc) is 2.90. The summed E-state index contributed by atoms with van der Waals surface area (Å²) in [6.45, 7) is 2.57. The first kappa shape index (κ1) is 13.6. The Bertz CT molecular complexity index is 685. The normalized spacial score (nSPS) is 12.5. The third-order valence-electron chi connectivity index (χ3n) is 3.28. The van der Waals surface area contributed by atoms with Gasteiger partial charge < -0.3 is 14.3 Å². The van der Waals surface area contributed by atoms with E-state index in [1.54, 1.807) is 0 Å². The number of nitrogens with zero attached hydrogens (tertiary/aromatic N) is 1. The quantitative estimate of drug-likeness (QED) is 0.778. The van der Waals surface area contributed by atoms with Gasteiger partial charge in [-0.2, -0.15) is 0 Å². The lowest BCUT2D eigenvalue weighted by molar-refractivity contribution is 0.169. The molecule has 1 atom stereocenters. The van der Waals surface area contributed by atoms with Gasteiger partial charge in [-0.3, -0.25) is 0 Å². The maximum atomic E-state index is 10.3. The summed E-state index contributed by atoms with van der Waals surface area (Å²) < 4.78 is 11.0. The number of aliphatic hydroxyl groups is 1. The van der Waals surface area contributed by atoms with Crippen molar-refractivity contribution >= 4 is 11.1 Å². The number of aromatic nitrogens is 1.